The lowest BCUT2D eigenvalue weighted by molar-refractivity contribution is -0.140. The summed E-state index contributed by atoms with van der Waals surface area (Å²) in [6, 6.07) is 1.90. The van der Waals surface area contributed by atoms with Crippen LogP contribution < -0.4 is 5.32 Å². The number of carbonyl (C=O) groups is 2. The number of benzene rings is 2. The molecule has 2 atom stereocenters. The summed E-state index contributed by atoms with van der Waals surface area (Å²) in [4.78, 5) is 24.3. The molecular weight excluding hydrogens is 645 g/mol. The molecule has 232 valence electrons. The molecule has 0 fully saturated rings. The second kappa shape index (κ2) is 13.1. The van der Waals surface area contributed by atoms with Crippen LogP contribution >= 0.6 is 23.2 Å². The highest BCUT2D eigenvalue weighted by molar-refractivity contribution is 6.36. The van der Waals surface area contributed by atoms with E-state index in [9.17, 15) is 62.3 Å². The van der Waals surface area contributed by atoms with Gasteiger partial charge in [0, 0.05) is 23.5 Å². The van der Waals surface area contributed by atoms with Crippen molar-refractivity contribution in [2.75, 3.05) is 6.54 Å². The van der Waals surface area contributed by atoms with Gasteiger partial charge in [-0.05, 0) is 29.8 Å². The maximum absolute atomic E-state index is 15.0. The molecule has 1 N–H and O–H groups in total. The van der Waals surface area contributed by atoms with Gasteiger partial charge in [-0.1, -0.05) is 42.3 Å². The van der Waals surface area contributed by atoms with Gasteiger partial charge in [-0.3, -0.25) is 9.59 Å². The lowest BCUT2D eigenvalue weighted by atomic mass is 9.92. The van der Waals surface area contributed by atoms with Crippen LogP contribution in [0.1, 0.15) is 58.3 Å². The second-order valence-corrected chi connectivity index (χ2v) is 9.67. The molecule has 0 radical (unpaired) electrons. The van der Waals surface area contributed by atoms with Crippen LogP contribution in [0.25, 0.3) is 5.83 Å². The van der Waals surface area contributed by atoms with Gasteiger partial charge in [0.15, 0.2) is 5.78 Å². The minimum Gasteiger partial charge on any atom is -0.347 e. The van der Waals surface area contributed by atoms with Crippen LogP contribution in [0, 0.1) is 5.92 Å². The van der Waals surface area contributed by atoms with Crippen molar-refractivity contribution in [2.24, 2.45) is 5.92 Å². The molecule has 0 aliphatic carbocycles. The van der Waals surface area contributed by atoms with Crippen molar-refractivity contribution in [1.82, 2.24) is 5.32 Å². The summed E-state index contributed by atoms with van der Waals surface area (Å²) in [6.45, 7) is -0.788. The molecule has 17 heteroatoms. The Bertz CT molecular complexity index is 1330. The minimum absolute atomic E-state index is 0.0285. The van der Waals surface area contributed by atoms with Gasteiger partial charge in [0.25, 0.3) is 6.43 Å². The summed E-state index contributed by atoms with van der Waals surface area (Å²) >= 11 is 11.2. The Morgan fingerprint density at radius 1 is 0.929 bits per heavy atom. The molecule has 42 heavy (non-hydrogen) atoms. The lowest BCUT2D eigenvalue weighted by Crippen LogP contribution is -2.37. The molecular formula is C25H17Cl2F12NO2. The Balaban J connectivity index is 2.48. The third-order valence-corrected chi connectivity index (χ3v) is 6.27. The molecule has 0 aliphatic rings. The van der Waals surface area contributed by atoms with E-state index in [2.05, 4.69) is 0 Å². The topological polar surface area (TPSA) is 46.2 Å². The zero-order valence-electron chi connectivity index (χ0n) is 20.7. The summed E-state index contributed by atoms with van der Waals surface area (Å²) in [5, 5.41) is -0.285. The Kier molecular flexibility index (Phi) is 11.0. The summed E-state index contributed by atoms with van der Waals surface area (Å²) in [7, 11) is 0. The van der Waals surface area contributed by atoms with E-state index >= 15 is 0 Å². The number of allylic oxidation sites excluding steroid dienone is 1. The van der Waals surface area contributed by atoms with E-state index in [1.165, 1.54) is 5.32 Å². The first kappa shape index (κ1) is 35.3. The van der Waals surface area contributed by atoms with Crippen LogP contribution in [0.2, 0.25) is 10.0 Å². The maximum atomic E-state index is 15.0. The monoisotopic (exact) mass is 661 g/mol. The Hall–Kier alpha value is -2.94. The third kappa shape index (κ3) is 9.28. The predicted molar refractivity (Wildman–Crippen MR) is 128 cm³/mol. The number of alkyl halides is 11. The first-order valence-electron chi connectivity index (χ1n) is 11.3. The Morgan fingerprint density at radius 3 is 1.93 bits per heavy atom. The lowest BCUT2D eigenvalue weighted by Gasteiger charge is -2.20. The van der Waals surface area contributed by atoms with Gasteiger partial charge in [-0.2, -0.15) is 39.5 Å². The van der Waals surface area contributed by atoms with Gasteiger partial charge < -0.3 is 5.32 Å². The van der Waals surface area contributed by atoms with E-state index in [-0.39, 0.29) is 12.1 Å². The highest BCUT2D eigenvalue weighted by Crippen LogP contribution is 2.43. The fourth-order valence-corrected chi connectivity index (χ4v) is 4.30. The zero-order valence-corrected chi connectivity index (χ0v) is 22.2. The number of Topliss-reactive ketones (excluding diaryl/α,β-unsaturated/α-hetero) is 1. The number of hydrogen-bond acceptors (Lipinski definition) is 2. The number of ketones is 1. The minimum atomic E-state index is -5.36. The molecule has 1 unspecified atom stereocenters. The van der Waals surface area contributed by atoms with E-state index in [0.717, 1.165) is 6.92 Å². The average molecular weight is 662 g/mol. The molecule has 0 saturated heterocycles. The van der Waals surface area contributed by atoms with Crippen molar-refractivity contribution in [3.63, 3.8) is 0 Å². The largest absolute Gasteiger partial charge is 0.417 e. The van der Waals surface area contributed by atoms with Crippen LogP contribution in [0.3, 0.4) is 0 Å². The standard InChI is InChI=1S/C25H17Cl2F12NO2/c1-10(22(42)40-9-23(31,32)33)4-19(41)13-3-2-11(5-15(13)25(37,38)39)18(28)8-14(24(34,35)36)12-6-16(26)20(21(29)30)17(27)7-12/h2-3,5-8,10,14,21H,4,9H2,1H3,(H,40,42)/b18-8-/t10-,14?/m0/s1. The normalized spacial score (nSPS) is 14.6. The third-order valence-electron chi connectivity index (χ3n) is 5.65. The quantitative estimate of drug-likeness (QED) is 0.215. The average Bonchev–Trinajstić information content (AvgIpc) is 2.82. The summed E-state index contributed by atoms with van der Waals surface area (Å²) in [5.41, 5.74) is -5.88. The summed E-state index contributed by atoms with van der Waals surface area (Å²) < 4.78 is 160. The van der Waals surface area contributed by atoms with E-state index < -0.39 is 105 Å². The molecule has 2 aromatic rings. The maximum Gasteiger partial charge on any atom is 0.417 e. The van der Waals surface area contributed by atoms with Crippen molar-refractivity contribution in [2.45, 2.75) is 44.2 Å². The molecule has 0 bridgehead atoms. The molecule has 0 heterocycles. The number of amides is 1. The Labute approximate surface area is 239 Å². The van der Waals surface area contributed by atoms with Crippen LogP contribution in [0.4, 0.5) is 52.7 Å². The van der Waals surface area contributed by atoms with Gasteiger partial charge >= 0.3 is 18.5 Å². The number of nitrogens with one attached hydrogen (secondary N) is 1. The van der Waals surface area contributed by atoms with Gasteiger partial charge in [-0.15, -0.1) is 0 Å². The fraction of sp³-hybridized carbons (Fsp3) is 0.360. The number of hydrogen-bond donors (Lipinski definition) is 1. The van der Waals surface area contributed by atoms with Crippen molar-refractivity contribution in [3.8, 4) is 0 Å². The van der Waals surface area contributed by atoms with Crippen LogP contribution in [0.15, 0.2) is 36.4 Å². The van der Waals surface area contributed by atoms with Crippen LogP contribution in [-0.4, -0.2) is 30.6 Å². The molecule has 2 aromatic carbocycles. The van der Waals surface area contributed by atoms with Gasteiger partial charge in [0.05, 0.1) is 21.2 Å². The van der Waals surface area contributed by atoms with E-state index in [1.54, 1.807) is 0 Å². The SMILES string of the molecule is C[C@@H](CC(=O)c1ccc(/C(F)=C/C(c2cc(Cl)c(C(F)F)c(Cl)c2)C(F)(F)F)cc1C(F)(F)F)C(=O)NCC(F)(F)F. The molecule has 0 spiro atoms. The number of halogens is 14. The van der Waals surface area contributed by atoms with Crippen molar-refractivity contribution >= 4 is 40.7 Å². The first-order chi connectivity index (χ1) is 19.0. The van der Waals surface area contributed by atoms with E-state index in [0.29, 0.717) is 24.3 Å². The van der Waals surface area contributed by atoms with Gasteiger partial charge in [-0.25, -0.2) is 13.2 Å². The molecule has 0 aliphatic heterocycles. The fourth-order valence-electron chi connectivity index (χ4n) is 3.63. The molecule has 1 amide bonds. The number of rotatable bonds is 9. The molecule has 0 saturated carbocycles. The van der Waals surface area contributed by atoms with Crippen molar-refractivity contribution in [1.29, 1.82) is 0 Å². The van der Waals surface area contributed by atoms with Gasteiger partial charge in [0.1, 0.15) is 18.3 Å². The van der Waals surface area contributed by atoms with Crippen LogP contribution in [-0.2, 0) is 11.0 Å². The molecule has 3 nitrogen and oxygen atoms in total. The molecule has 2 rings (SSSR count). The molecule has 0 aromatic heterocycles. The Morgan fingerprint density at radius 2 is 1.48 bits per heavy atom. The van der Waals surface area contributed by atoms with Crippen LogP contribution in [0.5, 0.6) is 0 Å². The van der Waals surface area contributed by atoms with Crippen molar-refractivity contribution < 1.29 is 62.3 Å². The first-order valence-corrected chi connectivity index (χ1v) is 12.1. The highest BCUT2D eigenvalue weighted by Gasteiger charge is 2.41. The summed E-state index contributed by atoms with van der Waals surface area (Å²) in [5.74, 6) is -8.94. The highest BCUT2D eigenvalue weighted by atomic mass is 35.5. The van der Waals surface area contributed by atoms with E-state index in [1.807, 2.05) is 0 Å². The predicted octanol–water partition coefficient (Wildman–Crippen LogP) is 9.49. The summed E-state index contributed by atoms with van der Waals surface area (Å²) in [6.07, 6.45) is -19.9. The van der Waals surface area contributed by atoms with E-state index in [4.69, 9.17) is 23.2 Å². The second-order valence-electron chi connectivity index (χ2n) is 8.85. The van der Waals surface area contributed by atoms with Gasteiger partial charge in [0.2, 0.25) is 5.91 Å². The smallest absolute Gasteiger partial charge is 0.347 e. The number of carbonyl (C=O) groups excluding carboxylic acids is 2. The van der Waals surface area contributed by atoms with Crippen molar-refractivity contribution in [3.05, 3.63) is 74.3 Å². The zero-order chi connectivity index (χ0) is 32.4.